The lowest BCUT2D eigenvalue weighted by Gasteiger charge is -2.04. The van der Waals surface area contributed by atoms with Crippen molar-refractivity contribution in [3.05, 3.63) is 76.2 Å². The Bertz CT molecular complexity index is 710. The molecule has 0 spiro atoms. The minimum absolute atomic E-state index is 0.127. The Hall–Kier alpha value is -2.13. The molecule has 0 fully saturated rings. The smallest absolute Gasteiger partial charge is 0.187 e. The molecule has 0 radical (unpaired) electrons. The third kappa shape index (κ3) is 3.92. The number of carbonyl (C=O) groups excluding carboxylic acids is 1. The quantitative estimate of drug-likeness (QED) is 0.642. The van der Waals surface area contributed by atoms with Crippen LogP contribution in [0.1, 0.15) is 21.5 Å². The van der Waals surface area contributed by atoms with Crippen LogP contribution in [0.2, 0.25) is 5.02 Å². The van der Waals surface area contributed by atoms with Gasteiger partial charge < -0.3 is 5.32 Å². The number of aryl methyl sites for hydroxylation is 2. The zero-order chi connectivity index (χ0) is 15.4. The molecule has 0 heterocycles. The first-order valence-corrected chi connectivity index (χ1v) is 6.85. The number of hydrogen-bond donors (Lipinski definition) is 1. The van der Waals surface area contributed by atoms with Gasteiger partial charge in [-0.25, -0.2) is 4.39 Å². The Kier molecular flexibility index (Phi) is 4.76. The Morgan fingerprint density at radius 3 is 2.67 bits per heavy atom. The molecule has 0 saturated heterocycles. The molecule has 4 heteroatoms. The van der Waals surface area contributed by atoms with Gasteiger partial charge in [0.25, 0.3) is 0 Å². The molecule has 0 amide bonds. The van der Waals surface area contributed by atoms with Gasteiger partial charge in [0.05, 0.1) is 5.69 Å². The van der Waals surface area contributed by atoms with E-state index in [0.717, 1.165) is 11.1 Å². The number of ketones is 1. The normalized spacial score (nSPS) is 10.9. The third-order valence-corrected chi connectivity index (χ3v) is 3.30. The van der Waals surface area contributed by atoms with E-state index >= 15 is 0 Å². The zero-order valence-electron chi connectivity index (χ0n) is 11.8. The number of hydrogen-bond acceptors (Lipinski definition) is 2. The number of nitrogens with one attached hydrogen (secondary N) is 1. The summed E-state index contributed by atoms with van der Waals surface area (Å²) in [4.78, 5) is 12.1. The maximum absolute atomic E-state index is 13.5. The molecule has 2 aromatic carbocycles. The molecular formula is C17H15ClFNO. The van der Waals surface area contributed by atoms with E-state index in [-0.39, 0.29) is 11.5 Å². The topological polar surface area (TPSA) is 29.1 Å². The van der Waals surface area contributed by atoms with Crippen molar-refractivity contribution >= 4 is 23.1 Å². The second kappa shape index (κ2) is 6.55. The SMILES string of the molecule is Cc1ccc(C)c(C(=O)/C=C/Nc2ccc(Cl)cc2F)c1. The van der Waals surface area contributed by atoms with Crippen LogP contribution in [0.15, 0.2) is 48.7 Å². The third-order valence-electron chi connectivity index (χ3n) is 3.06. The molecule has 108 valence electrons. The standard InChI is InChI=1S/C17H15ClFNO/c1-11-3-4-12(2)14(9-11)17(21)7-8-20-16-6-5-13(18)10-15(16)19/h3-10,20H,1-2H3/b8-7+. The molecule has 2 aromatic rings. The van der Waals surface area contributed by atoms with Gasteiger partial charge in [-0.2, -0.15) is 0 Å². The summed E-state index contributed by atoms with van der Waals surface area (Å²) in [5.41, 5.74) is 2.84. The number of anilines is 1. The van der Waals surface area contributed by atoms with E-state index in [9.17, 15) is 9.18 Å². The van der Waals surface area contributed by atoms with Crippen LogP contribution < -0.4 is 5.32 Å². The number of allylic oxidation sites excluding steroid dienone is 1. The molecule has 0 aromatic heterocycles. The van der Waals surface area contributed by atoms with Crippen LogP contribution in [0.4, 0.5) is 10.1 Å². The van der Waals surface area contributed by atoms with Crippen molar-refractivity contribution in [1.82, 2.24) is 0 Å². The van der Waals surface area contributed by atoms with Crippen molar-refractivity contribution in [2.45, 2.75) is 13.8 Å². The second-order valence-electron chi connectivity index (χ2n) is 4.78. The largest absolute Gasteiger partial charge is 0.359 e. The fraction of sp³-hybridized carbons (Fsp3) is 0.118. The van der Waals surface area contributed by atoms with Gasteiger partial charge in [-0.3, -0.25) is 4.79 Å². The van der Waals surface area contributed by atoms with Gasteiger partial charge >= 0.3 is 0 Å². The first kappa shape index (κ1) is 15.3. The minimum Gasteiger partial charge on any atom is -0.359 e. The van der Waals surface area contributed by atoms with Crippen LogP contribution in [0.25, 0.3) is 0 Å². The van der Waals surface area contributed by atoms with Gasteiger partial charge in [-0.05, 0) is 43.7 Å². The lowest BCUT2D eigenvalue weighted by Crippen LogP contribution is -2.00. The highest BCUT2D eigenvalue weighted by molar-refractivity contribution is 6.30. The van der Waals surface area contributed by atoms with Crippen molar-refractivity contribution in [2.75, 3.05) is 5.32 Å². The lowest BCUT2D eigenvalue weighted by molar-refractivity contribution is 0.104. The molecule has 0 saturated carbocycles. The maximum atomic E-state index is 13.5. The lowest BCUT2D eigenvalue weighted by atomic mass is 10.0. The highest BCUT2D eigenvalue weighted by Gasteiger charge is 2.06. The summed E-state index contributed by atoms with van der Waals surface area (Å²) in [6.45, 7) is 3.81. The molecule has 0 aliphatic heterocycles. The van der Waals surface area contributed by atoms with Crippen molar-refractivity contribution in [3.63, 3.8) is 0 Å². The Balaban J connectivity index is 2.10. The van der Waals surface area contributed by atoms with E-state index in [1.807, 2.05) is 32.0 Å². The first-order valence-electron chi connectivity index (χ1n) is 6.47. The van der Waals surface area contributed by atoms with E-state index in [0.29, 0.717) is 10.6 Å². The Morgan fingerprint density at radius 1 is 1.19 bits per heavy atom. The maximum Gasteiger partial charge on any atom is 0.187 e. The van der Waals surface area contributed by atoms with Crippen molar-refractivity contribution in [2.24, 2.45) is 0 Å². The van der Waals surface area contributed by atoms with E-state index in [1.54, 1.807) is 6.07 Å². The number of benzene rings is 2. The van der Waals surface area contributed by atoms with E-state index < -0.39 is 5.82 Å². The summed E-state index contributed by atoms with van der Waals surface area (Å²) >= 11 is 5.67. The average Bonchev–Trinajstić information content (AvgIpc) is 2.43. The fourth-order valence-electron chi connectivity index (χ4n) is 1.90. The molecule has 0 atom stereocenters. The number of carbonyl (C=O) groups is 1. The van der Waals surface area contributed by atoms with Gasteiger partial charge in [-0.15, -0.1) is 0 Å². The van der Waals surface area contributed by atoms with Crippen LogP contribution in [0, 0.1) is 19.7 Å². The molecule has 0 aliphatic rings. The number of halogens is 2. The molecule has 0 bridgehead atoms. The van der Waals surface area contributed by atoms with Crippen molar-refractivity contribution < 1.29 is 9.18 Å². The fourth-order valence-corrected chi connectivity index (χ4v) is 2.06. The average molecular weight is 304 g/mol. The van der Waals surface area contributed by atoms with Crippen LogP contribution in [-0.2, 0) is 0 Å². The molecule has 21 heavy (non-hydrogen) atoms. The summed E-state index contributed by atoms with van der Waals surface area (Å²) in [6.07, 6.45) is 2.81. The van der Waals surface area contributed by atoms with Crippen molar-refractivity contribution in [3.8, 4) is 0 Å². The molecule has 2 nitrogen and oxygen atoms in total. The van der Waals surface area contributed by atoms with Gasteiger partial charge in [0.1, 0.15) is 5.82 Å². The molecule has 0 aliphatic carbocycles. The summed E-state index contributed by atoms with van der Waals surface area (Å²) in [5, 5.41) is 3.07. The van der Waals surface area contributed by atoms with Crippen molar-refractivity contribution in [1.29, 1.82) is 0 Å². The minimum atomic E-state index is -0.466. The predicted octanol–water partition coefficient (Wildman–Crippen LogP) is 4.90. The van der Waals surface area contributed by atoms with Gasteiger partial charge in [0.15, 0.2) is 5.78 Å². The van der Waals surface area contributed by atoms with E-state index in [4.69, 9.17) is 11.6 Å². The molecular weight excluding hydrogens is 289 g/mol. The van der Waals surface area contributed by atoms with Gasteiger partial charge in [-0.1, -0.05) is 29.3 Å². The highest BCUT2D eigenvalue weighted by Crippen LogP contribution is 2.19. The monoisotopic (exact) mass is 303 g/mol. The Labute approximate surface area is 128 Å². The summed E-state index contributed by atoms with van der Waals surface area (Å²) in [7, 11) is 0. The van der Waals surface area contributed by atoms with Gasteiger partial charge in [0.2, 0.25) is 0 Å². The van der Waals surface area contributed by atoms with E-state index in [1.165, 1.54) is 24.4 Å². The van der Waals surface area contributed by atoms with Gasteiger partial charge in [0, 0.05) is 22.9 Å². The first-order chi connectivity index (χ1) is 9.97. The zero-order valence-corrected chi connectivity index (χ0v) is 12.5. The van der Waals surface area contributed by atoms with Crippen LogP contribution in [0.5, 0.6) is 0 Å². The highest BCUT2D eigenvalue weighted by atomic mass is 35.5. The molecule has 1 N–H and O–H groups in total. The second-order valence-corrected chi connectivity index (χ2v) is 5.22. The van der Waals surface area contributed by atoms with Crippen LogP contribution >= 0.6 is 11.6 Å². The predicted molar refractivity (Wildman–Crippen MR) is 84.4 cm³/mol. The molecule has 0 unspecified atom stereocenters. The Morgan fingerprint density at radius 2 is 1.95 bits per heavy atom. The van der Waals surface area contributed by atoms with Crippen LogP contribution in [0.3, 0.4) is 0 Å². The van der Waals surface area contributed by atoms with E-state index in [2.05, 4.69) is 5.32 Å². The summed E-state index contributed by atoms with van der Waals surface area (Å²) < 4.78 is 13.5. The summed E-state index contributed by atoms with van der Waals surface area (Å²) in [6, 6.07) is 10.0. The number of rotatable bonds is 4. The van der Waals surface area contributed by atoms with Crippen LogP contribution in [-0.4, -0.2) is 5.78 Å². The molecule has 2 rings (SSSR count). The summed E-state index contributed by atoms with van der Waals surface area (Å²) in [5.74, 6) is -0.593.